The first kappa shape index (κ1) is 29.6. The molecule has 0 spiro atoms. The van der Waals surface area contributed by atoms with Crippen LogP contribution in [0.2, 0.25) is 0 Å². The minimum absolute atomic E-state index is 0. The molecule has 52 valence electrons. The van der Waals surface area contributed by atoms with E-state index in [4.69, 9.17) is 0 Å². The Bertz CT molecular complexity index is 6.88. The van der Waals surface area contributed by atoms with Gasteiger partial charge in [-0.25, -0.2) is 0 Å². The molecule has 0 radical (unpaired) electrons. The molecule has 0 aliphatic carbocycles. The summed E-state index contributed by atoms with van der Waals surface area (Å²) in [6, 6.07) is 0. The van der Waals surface area contributed by atoms with Crippen LogP contribution in [0.1, 0.15) is 38.0 Å². The molecule has 0 N–H and O–H groups in total. The van der Waals surface area contributed by atoms with Crippen LogP contribution >= 0.6 is 0 Å². The average molecular weight is 112 g/mol. The maximum atomic E-state index is 3.00. The Morgan fingerprint density at radius 3 is 0.857 bits per heavy atom. The van der Waals surface area contributed by atoms with E-state index >= 15 is 0 Å². The van der Waals surface area contributed by atoms with E-state index in [1.807, 2.05) is 27.7 Å². The normalized spacial score (nSPS) is 2.29. The molecule has 0 aromatic carbocycles. The molecule has 0 rings (SSSR count). The fourth-order valence-corrected chi connectivity index (χ4v) is 0. The average Bonchev–Trinajstić information content (AvgIpc) is 1.81. The van der Waals surface area contributed by atoms with Crippen molar-refractivity contribution in [3.8, 4) is 0 Å². The van der Waals surface area contributed by atoms with E-state index in [9.17, 15) is 0 Å². The van der Waals surface area contributed by atoms with Crippen molar-refractivity contribution < 1.29 is 2.85 Å². The van der Waals surface area contributed by atoms with E-state index in [1.165, 1.54) is 0 Å². The molecule has 0 saturated carbocycles. The summed E-state index contributed by atoms with van der Waals surface area (Å²) in [5.74, 6) is 0. The topological polar surface area (TPSA) is 0 Å². The highest BCUT2D eigenvalue weighted by Gasteiger charge is 0.934. The van der Waals surface area contributed by atoms with Crippen molar-refractivity contribution in [3.05, 3.63) is 13.2 Å². The summed E-state index contributed by atoms with van der Waals surface area (Å²) in [6.07, 6.45) is 0. The van der Waals surface area contributed by atoms with Crippen LogP contribution in [0.3, 0.4) is 0 Å². The maximum Gasteiger partial charge on any atom is 0 e. The molecule has 0 aromatic heterocycles. The minimum Gasteiger partial charge on any atom is -0.106 e. The van der Waals surface area contributed by atoms with Gasteiger partial charge in [-0.1, -0.05) is 35.1 Å². The molecule has 0 aliphatic heterocycles. The maximum absolute atomic E-state index is 3.00. The van der Waals surface area contributed by atoms with E-state index in [0.29, 0.717) is 0 Å². The zero-order valence-electron chi connectivity index (χ0n) is 5.41. The van der Waals surface area contributed by atoms with Crippen LogP contribution in [-0.4, -0.2) is 0 Å². The Hall–Kier alpha value is -0.260. The Labute approximate surface area is 52.2 Å². The van der Waals surface area contributed by atoms with Gasteiger partial charge in [0.2, 0.25) is 0 Å². The second kappa shape index (κ2) is 1910. The first-order valence-corrected chi connectivity index (χ1v) is 2.50. The van der Waals surface area contributed by atoms with Crippen molar-refractivity contribution in [3.63, 3.8) is 0 Å². The monoisotopic (exact) mass is 112 g/mol. The Morgan fingerprint density at radius 2 is 0.857 bits per heavy atom. The summed E-state index contributed by atoms with van der Waals surface area (Å²) >= 11 is 0. The van der Waals surface area contributed by atoms with Crippen LogP contribution in [0.4, 0.5) is 0 Å². The molecule has 0 unspecified atom stereocenters. The van der Waals surface area contributed by atoms with Crippen LogP contribution in [0.5, 0.6) is 0 Å². The van der Waals surface area contributed by atoms with Gasteiger partial charge in [-0.3, -0.25) is 0 Å². The smallest absolute Gasteiger partial charge is 0 e. The van der Waals surface area contributed by atoms with Crippen molar-refractivity contribution in [1.82, 2.24) is 0 Å². The summed E-state index contributed by atoms with van der Waals surface area (Å²) < 4.78 is 0. The van der Waals surface area contributed by atoms with Gasteiger partial charge in [-0.15, -0.1) is 13.2 Å². The lowest BCUT2D eigenvalue weighted by Crippen LogP contribution is -0.856. The van der Waals surface area contributed by atoms with Crippen molar-refractivity contribution in [2.75, 3.05) is 0 Å². The molecule has 0 atom stereocenters. The quantitative estimate of drug-likeness (QED) is 0.416. The van der Waals surface area contributed by atoms with Gasteiger partial charge in [0.15, 0.2) is 0 Å². The zero-order chi connectivity index (χ0) is 6.00. The van der Waals surface area contributed by atoms with Crippen molar-refractivity contribution in [2.24, 2.45) is 0 Å². The van der Waals surface area contributed by atoms with Gasteiger partial charge in [0.05, 0.1) is 0 Å². The molecule has 0 fully saturated rings. The standard InChI is InChI=1S/2C2H6.C2H4.CH4.2H2/c3*1-2;;;/h2*1-2H3;1-2H2;1H4;2*1H/i;;;;2*1+2. The van der Waals surface area contributed by atoms with Gasteiger partial charge in [-0.2, -0.15) is 0 Å². The van der Waals surface area contributed by atoms with E-state index in [1.54, 1.807) is 0 Å². The zero-order valence-corrected chi connectivity index (χ0v) is 5.41. The summed E-state index contributed by atoms with van der Waals surface area (Å²) in [5.41, 5.74) is 0. The Morgan fingerprint density at radius 1 is 0.857 bits per heavy atom. The number of hydrogen-bond acceptors (Lipinski definition) is 0. The van der Waals surface area contributed by atoms with Crippen LogP contribution in [0.25, 0.3) is 0 Å². The molecule has 7 heavy (non-hydrogen) atoms. The number of rotatable bonds is 0. The number of hydrogen-bond donors (Lipinski definition) is 0. The highest BCUT2D eigenvalue weighted by molar-refractivity contribution is 4.22. The molecule has 0 heterocycles. The lowest BCUT2D eigenvalue weighted by atomic mass is 11.0. The molecule has 0 bridgehead atoms. The van der Waals surface area contributed by atoms with E-state index in [-0.39, 0.29) is 10.3 Å². The minimum atomic E-state index is 0. The Balaban J connectivity index is -0.00000000321. The molecule has 0 heteroatoms. The molecular weight excluding hydrogens is 84.1 g/mol. The van der Waals surface area contributed by atoms with Gasteiger partial charge in [0, 0.05) is 2.85 Å². The van der Waals surface area contributed by atoms with Crippen LogP contribution in [0.15, 0.2) is 13.2 Å². The predicted molar refractivity (Wildman–Crippen MR) is 44.9 cm³/mol. The molecule has 0 aromatic rings. The highest BCUT2D eigenvalue weighted by atomic mass is 13.0. The third kappa shape index (κ3) is 1190. The van der Waals surface area contributed by atoms with E-state index < -0.39 is 0 Å². The first-order valence-electron chi connectivity index (χ1n) is 2.50. The third-order valence-electron chi connectivity index (χ3n) is 0. The summed E-state index contributed by atoms with van der Waals surface area (Å²) in [5, 5.41) is 0. The highest BCUT2D eigenvalue weighted by Crippen LogP contribution is 1.15. The predicted octanol–water partition coefficient (Wildman–Crippen LogP) is 3.98. The fraction of sp³-hybridized carbons (Fsp3) is 0.714. The Kier molecular flexibility index (Phi) is 8060. The van der Waals surface area contributed by atoms with Crippen molar-refractivity contribution in [1.29, 1.82) is 0 Å². The van der Waals surface area contributed by atoms with Gasteiger partial charge in [0.1, 0.15) is 0 Å². The van der Waals surface area contributed by atoms with E-state index in [2.05, 4.69) is 13.2 Å². The van der Waals surface area contributed by atoms with Gasteiger partial charge in [-0.05, 0) is 0 Å². The largest absolute Gasteiger partial charge is 0.106 e. The lowest BCUT2D eigenvalue weighted by Gasteiger charge is -1.07. The van der Waals surface area contributed by atoms with E-state index in [0.717, 1.165) is 0 Å². The van der Waals surface area contributed by atoms with Crippen LogP contribution < -0.4 is 0 Å². The molecule has 0 nitrogen and oxygen atoms in total. The lowest BCUT2D eigenvalue weighted by molar-refractivity contribution is 1.50. The summed E-state index contributed by atoms with van der Waals surface area (Å²) in [7, 11) is 0. The summed E-state index contributed by atoms with van der Waals surface area (Å²) in [6.45, 7) is 14.0. The van der Waals surface area contributed by atoms with Crippen molar-refractivity contribution in [2.45, 2.75) is 35.1 Å². The SMILES string of the molecule is C.C=C.CC.CC.[3HH].[3HH]. The van der Waals surface area contributed by atoms with Crippen molar-refractivity contribution >= 4 is 0 Å². The second-order valence-electron chi connectivity index (χ2n) is 0. The molecule has 0 aliphatic rings. The van der Waals surface area contributed by atoms with Crippen LogP contribution in [-0.2, 0) is 0 Å². The molecular formula is C7H24. The van der Waals surface area contributed by atoms with Gasteiger partial charge >= 0.3 is 0 Å². The molecule has 0 amide bonds. The first-order chi connectivity index (χ1) is 3.00. The second-order valence-corrected chi connectivity index (χ2v) is 0. The van der Waals surface area contributed by atoms with Gasteiger partial charge < -0.3 is 0 Å². The fourth-order valence-electron chi connectivity index (χ4n) is 0. The van der Waals surface area contributed by atoms with Crippen LogP contribution in [0, 0.1) is 0 Å². The van der Waals surface area contributed by atoms with Gasteiger partial charge in [0.25, 0.3) is 0 Å². The summed E-state index contributed by atoms with van der Waals surface area (Å²) in [4.78, 5) is 0. The third-order valence-corrected chi connectivity index (χ3v) is 0. The molecule has 0 saturated heterocycles.